The fourth-order valence-corrected chi connectivity index (χ4v) is 3.23. The Morgan fingerprint density at radius 2 is 1.77 bits per heavy atom. The molecule has 3 rings (SSSR count). The second-order valence-corrected chi connectivity index (χ2v) is 8.02. The number of nitrogens with one attached hydrogen (secondary N) is 2. The number of carbonyl (C=O) groups is 2. The number of benzene rings is 3. The molecule has 9 heteroatoms. The summed E-state index contributed by atoms with van der Waals surface area (Å²) in [4.78, 5) is 24.2. The van der Waals surface area contributed by atoms with Crippen LogP contribution in [0.25, 0.3) is 0 Å². The molecule has 0 aliphatic rings. The SMILES string of the molecule is CCOc1cc(/C=N/NC(=O)C(=O)Nc2ccc(C)c(C)c2)ccc1OCc1ccc(F)cc1Cl. The van der Waals surface area contributed by atoms with Gasteiger partial charge in [0.15, 0.2) is 11.5 Å². The van der Waals surface area contributed by atoms with Crippen molar-refractivity contribution < 1.29 is 23.5 Å². The maximum atomic E-state index is 13.2. The summed E-state index contributed by atoms with van der Waals surface area (Å²) >= 11 is 6.05. The predicted octanol–water partition coefficient (Wildman–Crippen LogP) is 5.16. The maximum Gasteiger partial charge on any atom is 0.329 e. The molecule has 0 aromatic heterocycles. The van der Waals surface area contributed by atoms with Crippen molar-refractivity contribution >= 4 is 35.3 Å². The molecule has 0 fully saturated rings. The van der Waals surface area contributed by atoms with Gasteiger partial charge in [-0.05, 0) is 79.9 Å². The lowest BCUT2D eigenvalue weighted by atomic mass is 10.1. The fourth-order valence-electron chi connectivity index (χ4n) is 3.01. The molecule has 182 valence electrons. The molecular formula is C26H25ClFN3O4. The highest BCUT2D eigenvalue weighted by Gasteiger charge is 2.13. The van der Waals surface area contributed by atoms with Crippen LogP contribution >= 0.6 is 11.6 Å². The van der Waals surface area contributed by atoms with Gasteiger partial charge in [-0.3, -0.25) is 9.59 Å². The van der Waals surface area contributed by atoms with Crippen LogP contribution in [-0.4, -0.2) is 24.6 Å². The molecule has 0 saturated carbocycles. The second kappa shape index (κ2) is 12.0. The number of amides is 2. The first kappa shape index (κ1) is 25.7. The zero-order valence-electron chi connectivity index (χ0n) is 19.5. The highest BCUT2D eigenvalue weighted by atomic mass is 35.5. The van der Waals surface area contributed by atoms with Crippen molar-refractivity contribution in [3.63, 3.8) is 0 Å². The fraction of sp³-hybridized carbons (Fsp3) is 0.192. The zero-order valence-corrected chi connectivity index (χ0v) is 20.3. The molecule has 3 aromatic rings. The number of carbonyl (C=O) groups excluding carboxylic acids is 2. The summed E-state index contributed by atoms with van der Waals surface area (Å²) < 4.78 is 24.7. The first-order valence-electron chi connectivity index (χ1n) is 10.8. The van der Waals surface area contributed by atoms with Crippen molar-refractivity contribution in [2.24, 2.45) is 5.10 Å². The normalized spacial score (nSPS) is 10.8. The highest BCUT2D eigenvalue weighted by Crippen LogP contribution is 2.30. The first-order chi connectivity index (χ1) is 16.8. The molecule has 0 spiro atoms. The summed E-state index contributed by atoms with van der Waals surface area (Å²) in [6, 6.07) is 14.5. The third kappa shape index (κ3) is 7.28. The van der Waals surface area contributed by atoms with Crippen LogP contribution in [0.2, 0.25) is 5.02 Å². The Morgan fingerprint density at radius 3 is 2.49 bits per heavy atom. The van der Waals surface area contributed by atoms with Crippen LogP contribution in [-0.2, 0) is 16.2 Å². The van der Waals surface area contributed by atoms with E-state index in [1.807, 2.05) is 26.8 Å². The highest BCUT2D eigenvalue weighted by molar-refractivity contribution is 6.39. The molecule has 2 N–H and O–H groups in total. The Bertz CT molecular complexity index is 1260. The summed E-state index contributed by atoms with van der Waals surface area (Å²) in [5.74, 6) is -1.24. The van der Waals surface area contributed by atoms with E-state index < -0.39 is 17.6 Å². The predicted molar refractivity (Wildman–Crippen MR) is 134 cm³/mol. The van der Waals surface area contributed by atoms with Crippen molar-refractivity contribution in [1.29, 1.82) is 0 Å². The second-order valence-electron chi connectivity index (χ2n) is 7.62. The Labute approximate surface area is 207 Å². The third-order valence-electron chi connectivity index (χ3n) is 5.02. The molecular weight excluding hydrogens is 473 g/mol. The van der Waals surface area contributed by atoms with Gasteiger partial charge in [0, 0.05) is 11.3 Å². The number of hydrogen-bond donors (Lipinski definition) is 2. The van der Waals surface area contributed by atoms with Crippen LogP contribution in [0.4, 0.5) is 10.1 Å². The van der Waals surface area contributed by atoms with Gasteiger partial charge in [0.05, 0.1) is 17.8 Å². The number of hydrazone groups is 1. The summed E-state index contributed by atoms with van der Waals surface area (Å²) in [7, 11) is 0. The number of anilines is 1. The van der Waals surface area contributed by atoms with E-state index in [0.717, 1.165) is 11.1 Å². The van der Waals surface area contributed by atoms with Gasteiger partial charge in [0.1, 0.15) is 12.4 Å². The quantitative estimate of drug-likeness (QED) is 0.255. The minimum Gasteiger partial charge on any atom is -0.490 e. The number of rotatable bonds is 8. The number of ether oxygens (including phenoxy) is 2. The smallest absolute Gasteiger partial charge is 0.329 e. The lowest BCUT2D eigenvalue weighted by Gasteiger charge is -2.13. The van der Waals surface area contributed by atoms with Crippen molar-refractivity contribution in [3.05, 3.63) is 87.7 Å². The lowest BCUT2D eigenvalue weighted by Crippen LogP contribution is -2.32. The minimum atomic E-state index is -0.902. The summed E-state index contributed by atoms with van der Waals surface area (Å²) in [5.41, 5.74) is 6.04. The van der Waals surface area contributed by atoms with Crippen molar-refractivity contribution in [1.82, 2.24) is 5.43 Å². The van der Waals surface area contributed by atoms with Gasteiger partial charge >= 0.3 is 11.8 Å². The molecule has 3 aromatic carbocycles. The van der Waals surface area contributed by atoms with Gasteiger partial charge in [0.2, 0.25) is 0 Å². The third-order valence-corrected chi connectivity index (χ3v) is 5.37. The maximum absolute atomic E-state index is 13.2. The Hall–Kier alpha value is -3.91. The van der Waals surface area contributed by atoms with E-state index in [-0.39, 0.29) is 11.6 Å². The molecule has 35 heavy (non-hydrogen) atoms. The molecule has 0 aliphatic heterocycles. The van der Waals surface area contributed by atoms with Crippen molar-refractivity contribution in [3.8, 4) is 11.5 Å². The van der Waals surface area contributed by atoms with Gasteiger partial charge in [-0.2, -0.15) is 5.10 Å². The van der Waals surface area contributed by atoms with Crippen LogP contribution in [0, 0.1) is 19.7 Å². The standard InChI is InChI=1S/C26H25ClFN3O4/c1-4-34-24-12-18(6-10-23(24)35-15-19-7-8-20(28)13-22(19)27)14-29-31-26(33)25(32)30-21-9-5-16(2)17(3)11-21/h5-14H,4,15H2,1-3H3,(H,30,32)(H,31,33)/b29-14+. The van der Waals surface area contributed by atoms with Crippen molar-refractivity contribution in [2.45, 2.75) is 27.4 Å². The molecule has 0 unspecified atom stereocenters. The molecule has 0 atom stereocenters. The summed E-state index contributed by atoms with van der Waals surface area (Å²) in [5, 5.41) is 6.65. The summed E-state index contributed by atoms with van der Waals surface area (Å²) in [6.45, 7) is 6.22. The van der Waals surface area contributed by atoms with Crippen LogP contribution in [0.1, 0.15) is 29.2 Å². The van der Waals surface area contributed by atoms with E-state index in [9.17, 15) is 14.0 Å². The van der Waals surface area contributed by atoms with Crippen LogP contribution < -0.4 is 20.2 Å². The van der Waals surface area contributed by atoms with E-state index in [2.05, 4.69) is 15.8 Å². The Morgan fingerprint density at radius 1 is 0.971 bits per heavy atom. The van der Waals surface area contributed by atoms with Gasteiger partial charge in [-0.25, -0.2) is 9.82 Å². The molecule has 0 saturated heterocycles. The number of aryl methyl sites for hydroxylation is 2. The van der Waals surface area contributed by atoms with Crippen LogP contribution in [0.5, 0.6) is 11.5 Å². The summed E-state index contributed by atoms with van der Waals surface area (Å²) in [6.07, 6.45) is 1.38. The molecule has 0 heterocycles. The van der Waals surface area contributed by atoms with Crippen LogP contribution in [0.3, 0.4) is 0 Å². The van der Waals surface area contributed by atoms with E-state index in [0.29, 0.717) is 34.9 Å². The molecule has 7 nitrogen and oxygen atoms in total. The molecule has 0 aliphatic carbocycles. The minimum absolute atomic E-state index is 0.123. The van der Waals surface area contributed by atoms with E-state index in [1.165, 1.54) is 18.3 Å². The monoisotopic (exact) mass is 497 g/mol. The van der Waals surface area contributed by atoms with Gasteiger partial charge in [-0.1, -0.05) is 23.7 Å². The molecule has 0 bridgehead atoms. The Balaban J connectivity index is 1.61. The lowest BCUT2D eigenvalue weighted by molar-refractivity contribution is -0.136. The average molecular weight is 498 g/mol. The van der Waals surface area contributed by atoms with E-state index in [1.54, 1.807) is 36.4 Å². The van der Waals surface area contributed by atoms with E-state index >= 15 is 0 Å². The number of halogens is 2. The number of nitrogens with zero attached hydrogens (tertiary/aromatic N) is 1. The largest absolute Gasteiger partial charge is 0.490 e. The Kier molecular flexibility index (Phi) is 8.80. The molecule has 0 radical (unpaired) electrons. The van der Waals surface area contributed by atoms with E-state index in [4.69, 9.17) is 21.1 Å². The zero-order chi connectivity index (χ0) is 25.4. The molecule has 2 amide bonds. The van der Waals surface area contributed by atoms with Crippen molar-refractivity contribution in [2.75, 3.05) is 11.9 Å². The van der Waals surface area contributed by atoms with Gasteiger partial charge < -0.3 is 14.8 Å². The topological polar surface area (TPSA) is 89.0 Å². The first-order valence-corrected chi connectivity index (χ1v) is 11.2. The van der Waals surface area contributed by atoms with Gasteiger partial charge in [-0.15, -0.1) is 0 Å². The van der Waals surface area contributed by atoms with Gasteiger partial charge in [0.25, 0.3) is 0 Å². The number of hydrogen-bond acceptors (Lipinski definition) is 5. The van der Waals surface area contributed by atoms with Crippen LogP contribution in [0.15, 0.2) is 59.7 Å². The average Bonchev–Trinajstić information content (AvgIpc) is 2.82.